The van der Waals surface area contributed by atoms with Crippen LogP contribution in [-0.2, 0) is 4.79 Å². The summed E-state index contributed by atoms with van der Waals surface area (Å²) in [6.07, 6.45) is 0. The molecule has 3 aromatic carbocycles. The first-order valence-corrected chi connectivity index (χ1v) is 10.3. The van der Waals surface area contributed by atoms with E-state index < -0.39 is 0 Å². The summed E-state index contributed by atoms with van der Waals surface area (Å²) in [6.45, 7) is 6.11. The number of amides is 2. The lowest BCUT2D eigenvalue weighted by Gasteiger charge is -2.35. The van der Waals surface area contributed by atoms with Crippen molar-refractivity contribution in [2.45, 2.75) is 13.8 Å². The van der Waals surface area contributed by atoms with Crippen LogP contribution in [0.5, 0.6) is 5.75 Å². The number of piperazine rings is 1. The van der Waals surface area contributed by atoms with Crippen LogP contribution in [0, 0.1) is 13.8 Å². The number of benzene rings is 3. The predicted octanol–water partition coefficient (Wildman–Crippen LogP) is 3.82. The average molecular weight is 402 g/mol. The van der Waals surface area contributed by atoms with Gasteiger partial charge in [0.05, 0.1) is 0 Å². The maximum atomic E-state index is 13.1. The van der Waals surface area contributed by atoms with Crippen LogP contribution in [0.25, 0.3) is 10.8 Å². The average Bonchev–Trinajstić information content (AvgIpc) is 2.77. The molecule has 0 atom stereocenters. The molecule has 0 unspecified atom stereocenters. The van der Waals surface area contributed by atoms with E-state index in [2.05, 4.69) is 0 Å². The van der Waals surface area contributed by atoms with Crippen LogP contribution in [0.4, 0.5) is 0 Å². The smallest absolute Gasteiger partial charge is 0.260 e. The molecule has 0 aromatic heterocycles. The summed E-state index contributed by atoms with van der Waals surface area (Å²) in [5.41, 5.74) is 2.90. The van der Waals surface area contributed by atoms with Gasteiger partial charge in [-0.05, 0) is 42.3 Å². The molecular weight excluding hydrogens is 376 g/mol. The quantitative estimate of drug-likeness (QED) is 0.667. The lowest BCUT2D eigenvalue weighted by Crippen LogP contribution is -2.51. The van der Waals surface area contributed by atoms with Crippen molar-refractivity contribution in [1.82, 2.24) is 9.80 Å². The summed E-state index contributed by atoms with van der Waals surface area (Å²) >= 11 is 0. The monoisotopic (exact) mass is 402 g/mol. The summed E-state index contributed by atoms with van der Waals surface area (Å²) in [5.74, 6) is 0.705. The van der Waals surface area contributed by atoms with Crippen LogP contribution in [0.3, 0.4) is 0 Å². The number of rotatable bonds is 4. The Balaban J connectivity index is 1.35. The van der Waals surface area contributed by atoms with Gasteiger partial charge < -0.3 is 14.5 Å². The largest absolute Gasteiger partial charge is 0.484 e. The topological polar surface area (TPSA) is 49.9 Å². The van der Waals surface area contributed by atoms with Gasteiger partial charge in [0.15, 0.2) is 6.61 Å². The highest BCUT2D eigenvalue weighted by atomic mass is 16.5. The summed E-state index contributed by atoms with van der Waals surface area (Å²) in [7, 11) is 0. The van der Waals surface area contributed by atoms with Gasteiger partial charge >= 0.3 is 0 Å². The molecule has 0 bridgehead atoms. The second-order valence-electron chi connectivity index (χ2n) is 7.76. The number of carbonyl (C=O) groups excluding carboxylic acids is 2. The number of aryl methyl sites for hydroxylation is 2. The van der Waals surface area contributed by atoms with Gasteiger partial charge in [0.25, 0.3) is 11.8 Å². The fourth-order valence-electron chi connectivity index (χ4n) is 3.93. The van der Waals surface area contributed by atoms with Crippen LogP contribution in [0.1, 0.15) is 21.5 Å². The minimum atomic E-state index is -0.0489. The van der Waals surface area contributed by atoms with Gasteiger partial charge in [-0.25, -0.2) is 0 Å². The highest BCUT2D eigenvalue weighted by molar-refractivity contribution is 6.07. The van der Waals surface area contributed by atoms with Gasteiger partial charge in [-0.15, -0.1) is 0 Å². The van der Waals surface area contributed by atoms with Crippen molar-refractivity contribution in [1.29, 1.82) is 0 Å². The van der Waals surface area contributed by atoms with Gasteiger partial charge in [0.1, 0.15) is 5.75 Å². The molecule has 4 rings (SSSR count). The molecule has 0 N–H and O–H groups in total. The van der Waals surface area contributed by atoms with Crippen molar-refractivity contribution < 1.29 is 14.3 Å². The van der Waals surface area contributed by atoms with Crippen molar-refractivity contribution in [3.8, 4) is 5.75 Å². The minimum absolute atomic E-state index is 0.0150. The molecule has 0 aliphatic carbocycles. The first kappa shape index (κ1) is 20.0. The third-order valence-corrected chi connectivity index (χ3v) is 5.62. The summed E-state index contributed by atoms with van der Waals surface area (Å²) < 4.78 is 5.73. The van der Waals surface area contributed by atoms with E-state index in [9.17, 15) is 9.59 Å². The first-order chi connectivity index (χ1) is 14.5. The number of carbonyl (C=O) groups is 2. The van der Waals surface area contributed by atoms with Crippen LogP contribution in [0.15, 0.2) is 60.7 Å². The van der Waals surface area contributed by atoms with Crippen LogP contribution in [0.2, 0.25) is 0 Å². The van der Waals surface area contributed by atoms with Crippen LogP contribution in [-0.4, -0.2) is 54.4 Å². The third kappa shape index (κ3) is 4.15. The molecule has 0 spiro atoms. The van der Waals surface area contributed by atoms with E-state index in [1.807, 2.05) is 79.4 Å². The van der Waals surface area contributed by atoms with E-state index >= 15 is 0 Å². The second-order valence-corrected chi connectivity index (χ2v) is 7.76. The molecule has 2 amide bonds. The minimum Gasteiger partial charge on any atom is -0.484 e. The maximum absolute atomic E-state index is 13.1. The van der Waals surface area contributed by atoms with Crippen molar-refractivity contribution in [3.63, 3.8) is 0 Å². The van der Waals surface area contributed by atoms with Crippen LogP contribution >= 0.6 is 0 Å². The third-order valence-electron chi connectivity index (χ3n) is 5.62. The van der Waals surface area contributed by atoms with E-state index in [1.165, 1.54) is 0 Å². The number of hydrogen-bond acceptors (Lipinski definition) is 3. The van der Waals surface area contributed by atoms with E-state index in [-0.39, 0.29) is 18.4 Å². The van der Waals surface area contributed by atoms with Gasteiger partial charge in [0, 0.05) is 31.7 Å². The Bertz CT molecular complexity index is 1080. The molecule has 30 heavy (non-hydrogen) atoms. The molecule has 1 aliphatic heterocycles. The summed E-state index contributed by atoms with van der Waals surface area (Å²) in [4.78, 5) is 29.2. The zero-order valence-corrected chi connectivity index (χ0v) is 17.4. The molecule has 5 nitrogen and oxygen atoms in total. The molecule has 0 radical (unpaired) electrons. The zero-order valence-electron chi connectivity index (χ0n) is 17.4. The van der Waals surface area contributed by atoms with Gasteiger partial charge in [0.2, 0.25) is 0 Å². The normalized spacial score (nSPS) is 14.1. The van der Waals surface area contributed by atoms with Crippen molar-refractivity contribution in [2.75, 3.05) is 32.8 Å². The van der Waals surface area contributed by atoms with E-state index in [0.29, 0.717) is 31.7 Å². The maximum Gasteiger partial charge on any atom is 0.260 e. The molecule has 1 aliphatic rings. The first-order valence-electron chi connectivity index (χ1n) is 10.3. The molecule has 1 saturated heterocycles. The van der Waals surface area contributed by atoms with Gasteiger partial charge in [-0.1, -0.05) is 54.1 Å². The zero-order chi connectivity index (χ0) is 21.1. The molecule has 5 heteroatoms. The van der Waals surface area contributed by atoms with E-state index in [1.54, 1.807) is 4.90 Å². The Morgan fingerprint density at radius 3 is 2.33 bits per heavy atom. The van der Waals surface area contributed by atoms with E-state index in [0.717, 1.165) is 27.6 Å². The Kier molecular flexibility index (Phi) is 5.70. The van der Waals surface area contributed by atoms with Crippen molar-refractivity contribution in [3.05, 3.63) is 77.4 Å². The number of ether oxygens (including phenoxy) is 1. The lowest BCUT2D eigenvalue weighted by molar-refractivity contribution is -0.134. The summed E-state index contributed by atoms with van der Waals surface area (Å²) in [6, 6.07) is 19.6. The molecule has 3 aromatic rings. The lowest BCUT2D eigenvalue weighted by atomic mass is 10.0. The fraction of sp³-hybridized carbons (Fsp3) is 0.280. The molecular formula is C25H26N2O3. The Morgan fingerprint density at radius 1 is 0.867 bits per heavy atom. The highest BCUT2D eigenvalue weighted by Gasteiger charge is 2.26. The van der Waals surface area contributed by atoms with Crippen LogP contribution < -0.4 is 4.74 Å². The fourth-order valence-corrected chi connectivity index (χ4v) is 3.93. The molecule has 0 saturated carbocycles. The van der Waals surface area contributed by atoms with Crippen molar-refractivity contribution >= 4 is 22.6 Å². The summed E-state index contributed by atoms with van der Waals surface area (Å²) in [5, 5.41) is 2.02. The van der Waals surface area contributed by atoms with E-state index in [4.69, 9.17) is 4.74 Å². The number of fused-ring (bicyclic) bond motifs is 1. The van der Waals surface area contributed by atoms with Crippen molar-refractivity contribution in [2.24, 2.45) is 0 Å². The Labute approximate surface area is 176 Å². The molecule has 1 fully saturated rings. The Hall–Kier alpha value is -3.34. The van der Waals surface area contributed by atoms with Gasteiger partial charge in [-0.3, -0.25) is 9.59 Å². The second kappa shape index (κ2) is 8.57. The SMILES string of the molecule is Cc1ccc(OCC(=O)N2CCN(C(=O)c3cccc4ccccc34)CC2)c(C)c1. The standard InChI is InChI=1S/C25H26N2O3/c1-18-10-11-23(19(2)16-18)30-17-24(28)26-12-14-27(15-13-26)25(29)22-9-5-7-20-6-3-4-8-21(20)22/h3-11,16H,12-15,17H2,1-2H3. The van der Waals surface area contributed by atoms with Gasteiger partial charge in [-0.2, -0.15) is 0 Å². The molecule has 154 valence electrons. The predicted molar refractivity (Wildman–Crippen MR) is 118 cm³/mol. The number of hydrogen-bond donors (Lipinski definition) is 0. The molecule has 1 heterocycles. The Morgan fingerprint density at radius 2 is 1.57 bits per heavy atom. The number of nitrogens with zero attached hydrogens (tertiary/aromatic N) is 2. The highest BCUT2D eigenvalue weighted by Crippen LogP contribution is 2.21.